The van der Waals surface area contributed by atoms with E-state index < -0.39 is 6.10 Å². The van der Waals surface area contributed by atoms with Gasteiger partial charge in [0.25, 0.3) is 0 Å². The molecule has 0 aromatic heterocycles. The van der Waals surface area contributed by atoms with Gasteiger partial charge < -0.3 is 14.2 Å². The van der Waals surface area contributed by atoms with E-state index in [9.17, 15) is 14.4 Å². The van der Waals surface area contributed by atoms with Crippen molar-refractivity contribution < 1.29 is 28.6 Å². The first-order valence-corrected chi connectivity index (χ1v) is 24.1. The number of carbonyl (C=O) groups is 3. The Morgan fingerprint density at radius 2 is 0.684 bits per heavy atom. The smallest absolute Gasteiger partial charge is 0.306 e. The lowest BCUT2D eigenvalue weighted by Gasteiger charge is -2.18. The Kier molecular flexibility index (Phi) is 43.9. The van der Waals surface area contributed by atoms with Crippen LogP contribution in [0.2, 0.25) is 0 Å². The van der Waals surface area contributed by atoms with Crippen molar-refractivity contribution >= 4 is 17.9 Å². The van der Waals surface area contributed by atoms with Crippen LogP contribution in [0.15, 0.2) is 48.6 Å². The molecule has 0 aliphatic heterocycles. The van der Waals surface area contributed by atoms with E-state index in [4.69, 9.17) is 14.2 Å². The fraction of sp³-hybridized carbons (Fsp3) is 0.784. The summed E-state index contributed by atoms with van der Waals surface area (Å²) in [7, 11) is 0. The molecule has 0 rings (SSSR count). The lowest BCUT2D eigenvalue weighted by molar-refractivity contribution is -0.167. The Morgan fingerprint density at radius 3 is 1.07 bits per heavy atom. The standard InChI is InChI=1S/C51H90O6/c1-4-7-10-13-16-19-21-23-25-26-28-29-32-35-38-41-44-50(53)56-47-48(46-55-49(52)43-40-37-34-31-18-15-12-9-6-3)57-51(54)45-42-39-36-33-30-27-24-22-20-17-14-11-8-5-2/h7,10,16,19,23,25,28-29,48H,4-6,8-9,11-15,17-18,20-22,24,26-27,30-47H2,1-3H3/b10-7-,19-16-,25-23-,29-28-. The Balaban J connectivity index is 4.38. The Labute approximate surface area is 352 Å². The lowest BCUT2D eigenvalue weighted by atomic mass is 10.0. The molecule has 0 radical (unpaired) electrons. The van der Waals surface area contributed by atoms with Gasteiger partial charge in [-0.3, -0.25) is 14.4 Å². The topological polar surface area (TPSA) is 78.9 Å². The molecule has 0 aromatic carbocycles. The van der Waals surface area contributed by atoms with E-state index in [1.54, 1.807) is 0 Å². The van der Waals surface area contributed by atoms with Crippen LogP contribution in [-0.4, -0.2) is 37.2 Å². The van der Waals surface area contributed by atoms with Crippen LogP contribution in [0.1, 0.15) is 239 Å². The molecule has 0 aliphatic carbocycles. The molecule has 330 valence electrons. The molecule has 0 saturated heterocycles. The maximum Gasteiger partial charge on any atom is 0.306 e. The third-order valence-corrected chi connectivity index (χ3v) is 10.3. The summed E-state index contributed by atoms with van der Waals surface area (Å²) in [4.78, 5) is 37.8. The molecule has 6 nitrogen and oxygen atoms in total. The molecule has 0 spiro atoms. The second kappa shape index (κ2) is 46.1. The zero-order valence-electron chi connectivity index (χ0n) is 37.6. The summed E-state index contributed by atoms with van der Waals surface area (Å²) in [5, 5.41) is 0. The van der Waals surface area contributed by atoms with E-state index in [-0.39, 0.29) is 31.1 Å². The van der Waals surface area contributed by atoms with Gasteiger partial charge in [-0.05, 0) is 57.8 Å². The highest BCUT2D eigenvalue weighted by Gasteiger charge is 2.19. The van der Waals surface area contributed by atoms with Gasteiger partial charge in [-0.1, -0.05) is 211 Å². The zero-order chi connectivity index (χ0) is 41.5. The van der Waals surface area contributed by atoms with Crippen LogP contribution >= 0.6 is 0 Å². The van der Waals surface area contributed by atoms with Crippen LogP contribution < -0.4 is 0 Å². The summed E-state index contributed by atoms with van der Waals surface area (Å²) in [5.41, 5.74) is 0. The van der Waals surface area contributed by atoms with Crippen molar-refractivity contribution in [1.29, 1.82) is 0 Å². The van der Waals surface area contributed by atoms with Gasteiger partial charge in [-0.15, -0.1) is 0 Å². The lowest BCUT2D eigenvalue weighted by Crippen LogP contribution is -2.30. The summed E-state index contributed by atoms with van der Waals surface area (Å²) in [6.07, 6.45) is 53.8. The molecule has 6 heteroatoms. The molecule has 1 atom stereocenters. The highest BCUT2D eigenvalue weighted by Crippen LogP contribution is 2.15. The second-order valence-corrected chi connectivity index (χ2v) is 16.0. The average Bonchev–Trinajstić information content (AvgIpc) is 3.21. The Bertz CT molecular complexity index is 1010. The average molecular weight is 799 g/mol. The maximum atomic E-state index is 12.7. The van der Waals surface area contributed by atoms with Crippen molar-refractivity contribution in [3.8, 4) is 0 Å². The number of ether oxygens (including phenoxy) is 3. The van der Waals surface area contributed by atoms with E-state index in [0.717, 1.165) is 89.9 Å². The van der Waals surface area contributed by atoms with Crippen molar-refractivity contribution in [3.63, 3.8) is 0 Å². The summed E-state index contributed by atoms with van der Waals surface area (Å²) >= 11 is 0. The fourth-order valence-corrected chi connectivity index (χ4v) is 6.73. The second-order valence-electron chi connectivity index (χ2n) is 16.0. The van der Waals surface area contributed by atoms with E-state index in [2.05, 4.69) is 69.4 Å². The summed E-state index contributed by atoms with van der Waals surface area (Å²) in [6, 6.07) is 0. The molecule has 0 heterocycles. The third kappa shape index (κ3) is 44.3. The van der Waals surface area contributed by atoms with Crippen LogP contribution in [0.3, 0.4) is 0 Å². The van der Waals surface area contributed by atoms with Gasteiger partial charge in [0.1, 0.15) is 13.2 Å². The number of carbonyl (C=O) groups excluding carboxylic acids is 3. The Morgan fingerprint density at radius 1 is 0.368 bits per heavy atom. The number of rotatable bonds is 43. The molecule has 0 fully saturated rings. The number of allylic oxidation sites excluding steroid dienone is 8. The van der Waals surface area contributed by atoms with Gasteiger partial charge in [0.15, 0.2) is 6.10 Å². The molecular formula is C51H90O6. The van der Waals surface area contributed by atoms with E-state index in [1.807, 2.05) is 0 Å². The van der Waals surface area contributed by atoms with Crippen molar-refractivity contribution in [2.24, 2.45) is 0 Å². The van der Waals surface area contributed by atoms with Gasteiger partial charge in [0.05, 0.1) is 0 Å². The third-order valence-electron chi connectivity index (χ3n) is 10.3. The first-order valence-electron chi connectivity index (χ1n) is 24.1. The molecule has 1 unspecified atom stereocenters. The molecule has 0 amide bonds. The summed E-state index contributed by atoms with van der Waals surface area (Å²) in [5.74, 6) is -0.911. The SMILES string of the molecule is CC/C=C\C/C=C\C/C=C\C/C=C\CCCCCC(=O)OCC(COC(=O)CCCCCCCCCCC)OC(=O)CCCCCCCCCCCCCCCC. The maximum absolute atomic E-state index is 12.7. The van der Waals surface area contributed by atoms with Crippen molar-refractivity contribution in [2.75, 3.05) is 13.2 Å². The quantitative estimate of drug-likeness (QED) is 0.0265. The molecular weight excluding hydrogens is 709 g/mol. The van der Waals surface area contributed by atoms with Crippen LogP contribution in [0.25, 0.3) is 0 Å². The summed E-state index contributed by atoms with van der Waals surface area (Å²) < 4.78 is 16.7. The number of esters is 3. The normalized spacial score (nSPS) is 12.4. The van der Waals surface area contributed by atoms with Gasteiger partial charge in [-0.2, -0.15) is 0 Å². The molecule has 0 aromatic rings. The largest absolute Gasteiger partial charge is 0.462 e. The van der Waals surface area contributed by atoms with Crippen molar-refractivity contribution in [1.82, 2.24) is 0 Å². The molecule has 0 aliphatic rings. The van der Waals surface area contributed by atoms with E-state index in [0.29, 0.717) is 19.3 Å². The number of hydrogen-bond acceptors (Lipinski definition) is 6. The minimum Gasteiger partial charge on any atom is -0.462 e. The van der Waals surface area contributed by atoms with Crippen molar-refractivity contribution in [3.05, 3.63) is 48.6 Å². The van der Waals surface area contributed by atoms with Crippen LogP contribution in [0.5, 0.6) is 0 Å². The minimum atomic E-state index is -0.779. The zero-order valence-corrected chi connectivity index (χ0v) is 37.6. The van der Waals surface area contributed by atoms with Crippen molar-refractivity contribution in [2.45, 2.75) is 245 Å². The van der Waals surface area contributed by atoms with Gasteiger partial charge in [0, 0.05) is 19.3 Å². The molecule has 0 bridgehead atoms. The molecule has 57 heavy (non-hydrogen) atoms. The van der Waals surface area contributed by atoms with Gasteiger partial charge in [0.2, 0.25) is 0 Å². The predicted octanol–water partition coefficient (Wildman–Crippen LogP) is 15.5. The number of unbranched alkanes of at least 4 members (excludes halogenated alkanes) is 24. The van der Waals surface area contributed by atoms with E-state index in [1.165, 1.54) is 109 Å². The highest BCUT2D eigenvalue weighted by molar-refractivity contribution is 5.71. The minimum absolute atomic E-state index is 0.0805. The first kappa shape index (κ1) is 54.4. The van der Waals surface area contributed by atoms with Gasteiger partial charge >= 0.3 is 17.9 Å². The number of hydrogen-bond donors (Lipinski definition) is 0. The van der Waals surface area contributed by atoms with Crippen LogP contribution in [-0.2, 0) is 28.6 Å². The van der Waals surface area contributed by atoms with Crippen LogP contribution in [0, 0.1) is 0 Å². The Hall–Kier alpha value is -2.63. The predicted molar refractivity (Wildman–Crippen MR) is 242 cm³/mol. The van der Waals surface area contributed by atoms with Crippen LogP contribution in [0.4, 0.5) is 0 Å². The van der Waals surface area contributed by atoms with Gasteiger partial charge in [-0.25, -0.2) is 0 Å². The first-order chi connectivity index (χ1) is 28.0. The molecule has 0 saturated carbocycles. The summed E-state index contributed by atoms with van der Waals surface area (Å²) in [6.45, 7) is 6.48. The highest BCUT2D eigenvalue weighted by atomic mass is 16.6. The van der Waals surface area contributed by atoms with E-state index >= 15 is 0 Å². The fourth-order valence-electron chi connectivity index (χ4n) is 6.73. The molecule has 0 N–H and O–H groups in total. The monoisotopic (exact) mass is 799 g/mol.